The van der Waals surface area contributed by atoms with Crippen LogP contribution in [0.5, 0.6) is 0 Å². The van der Waals surface area contributed by atoms with Gasteiger partial charge in [0.2, 0.25) is 11.8 Å². The van der Waals surface area contributed by atoms with Crippen LogP contribution in [-0.4, -0.2) is 80.6 Å². The van der Waals surface area contributed by atoms with Gasteiger partial charge < -0.3 is 19.6 Å². The van der Waals surface area contributed by atoms with Gasteiger partial charge in [-0.2, -0.15) is 0 Å². The maximum atomic E-state index is 14.0. The van der Waals surface area contributed by atoms with Gasteiger partial charge in [-0.05, 0) is 40.0 Å². The fourth-order valence-electron chi connectivity index (χ4n) is 5.63. The van der Waals surface area contributed by atoms with Gasteiger partial charge in [-0.15, -0.1) is 18.3 Å². The zero-order valence-electron chi connectivity index (χ0n) is 18.6. The third-order valence-electron chi connectivity index (χ3n) is 6.77. The number of esters is 1. The summed E-state index contributed by atoms with van der Waals surface area (Å²) < 4.78 is 4.63. The minimum atomic E-state index is -0.717. The van der Waals surface area contributed by atoms with Crippen LogP contribution < -0.4 is 0 Å². The van der Waals surface area contributed by atoms with E-state index in [4.69, 9.17) is 4.74 Å². The van der Waals surface area contributed by atoms with Crippen LogP contribution in [-0.2, 0) is 19.1 Å². The molecular formula is C22H34N2O5S. The first-order chi connectivity index (χ1) is 14.1. The van der Waals surface area contributed by atoms with Gasteiger partial charge >= 0.3 is 5.97 Å². The second kappa shape index (κ2) is 8.19. The van der Waals surface area contributed by atoms with Crippen LogP contribution in [0.4, 0.5) is 0 Å². The number of hydrogen-bond donors (Lipinski definition) is 1. The molecule has 0 aromatic heterocycles. The van der Waals surface area contributed by atoms with E-state index in [0.29, 0.717) is 6.54 Å². The van der Waals surface area contributed by atoms with Gasteiger partial charge in [0.15, 0.2) is 0 Å². The fourth-order valence-corrected chi connectivity index (χ4v) is 8.03. The Kier molecular flexibility index (Phi) is 6.31. The molecule has 3 fully saturated rings. The van der Waals surface area contributed by atoms with E-state index in [1.807, 2.05) is 20.8 Å². The van der Waals surface area contributed by atoms with Gasteiger partial charge in [0.05, 0.1) is 29.8 Å². The highest BCUT2D eigenvalue weighted by Gasteiger charge is 2.76. The molecule has 1 N–H and O–H groups in total. The molecule has 0 aromatic rings. The number of thioether (sulfide) groups is 1. The van der Waals surface area contributed by atoms with Crippen molar-refractivity contribution in [1.82, 2.24) is 9.80 Å². The summed E-state index contributed by atoms with van der Waals surface area (Å²) in [6.07, 6.45) is 2.46. The van der Waals surface area contributed by atoms with Crippen molar-refractivity contribution in [2.24, 2.45) is 17.8 Å². The largest absolute Gasteiger partial charge is 0.466 e. The van der Waals surface area contributed by atoms with Gasteiger partial charge in [0, 0.05) is 23.9 Å². The summed E-state index contributed by atoms with van der Waals surface area (Å²) in [5.74, 6) is -1.75. The molecule has 3 rings (SSSR count). The molecular weight excluding hydrogens is 404 g/mol. The van der Waals surface area contributed by atoms with Crippen LogP contribution in [0.3, 0.4) is 0 Å². The number of carbonyl (C=O) groups excluding carboxylic acids is 3. The lowest BCUT2D eigenvalue weighted by atomic mass is 9.66. The van der Waals surface area contributed by atoms with Crippen LogP contribution in [0.1, 0.15) is 41.0 Å². The van der Waals surface area contributed by atoms with Crippen molar-refractivity contribution in [2.75, 3.05) is 26.3 Å². The smallest absolute Gasteiger partial charge is 0.310 e. The van der Waals surface area contributed by atoms with E-state index in [-0.39, 0.29) is 48.7 Å². The number of fused-ring (bicyclic) bond motifs is 1. The first-order valence-electron chi connectivity index (χ1n) is 10.7. The average molecular weight is 439 g/mol. The first kappa shape index (κ1) is 23.1. The second-order valence-corrected chi connectivity index (χ2v) is 11.0. The molecule has 8 heteroatoms. The van der Waals surface area contributed by atoms with E-state index in [1.54, 1.807) is 29.7 Å². The summed E-state index contributed by atoms with van der Waals surface area (Å²) in [5.41, 5.74) is -0.459. The first-order valence-corrected chi connectivity index (χ1v) is 11.6. The zero-order chi connectivity index (χ0) is 22.4. The van der Waals surface area contributed by atoms with Crippen LogP contribution in [0.25, 0.3) is 0 Å². The molecule has 168 valence electrons. The highest BCUT2D eigenvalue weighted by atomic mass is 32.2. The Morgan fingerprint density at radius 2 is 2.10 bits per heavy atom. The molecule has 3 aliphatic heterocycles. The predicted molar refractivity (Wildman–Crippen MR) is 116 cm³/mol. The average Bonchev–Trinajstić information content (AvgIpc) is 3.23. The molecule has 0 radical (unpaired) electrons. The Morgan fingerprint density at radius 1 is 1.43 bits per heavy atom. The van der Waals surface area contributed by atoms with Gasteiger partial charge in [-0.25, -0.2) is 0 Å². The zero-order valence-corrected chi connectivity index (χ0v) is 19.4. The molecule has 0 saturated carbocycles. The molecule has 2 bridgehead atoms. The maximum absolute atomic E-state index is 14.0. The number of carbonyl (C=O) groups is 3. The Morgan fingerprint density at radius 3 is 2.63 bits per heavy atom. The number of ether oxygens (including phenoxy) is 1. The lowest BCUT2D eigenvalue weighted by molar-refractivity contribution is -0.154. The van der Waals surface area contributed by atoms with Gasteiger partial charge in [-0.3, -0.25) is 14.4 Å². The molecule has 0 aliphatic carbocycles. The number of amides is 2. The van der Waals surface area contributed by atoms with Gasteiger partial charge in [0.1, 0.15) is 6.04 Å². The molecule has 1 spiro atoms. The quantitative estimate of drug-likeness (QED) is 0.481. The number of hydrogen-bond acceptors (Lipinski definition) is 6. The van der Waals surface area contributed by atoms with E-state index in [0.717, 1.165) is 6.42 Å². The van der Waals surface area contributed by atoms with Crippen molar-refractivity contribution < 1.29 is 24.2 Å². The minimum Gasteiger partial charge on any atom is -0.466 e. The number of nitrogens with zero attached hydrogens (tertiary/aromatic N) is 2. The Hall–Kier alpha value is -1.54. The normalized spacial score (nSPS) is 34.8. The number of aliphatic hydroxyl groups is 1. The summed E-state index contributed by atoms with van der Waals surface area (Å²) in [5, 5.41) is 9.64. The summed E-state index contributed by atoms with van der Waals surface area (Å²) in [6, 6.07) is -0.717. The topological polar surface area (TPSA) is 87.2 Å². The van der Waals surface area contributed by atoms with Gasteiger partial charge in [-0.1, -0.05) is 13.0 Å². The number of likely N-dealkylation sites (tertiary alicyclic amines) is 1. The van der Waals surface area contributed by atoms with Crippen molar-refractivity contribution >= 4 is 29.5 Å². The van der Waals surface area contributed by atoms with Crippen LogP contribution >= 0.6 is 11.8 Å². The molecule has 3 saturated heterocycles. The third kappa shape index (κ3) is 3.27. The Labute approximate surface area is 183 Å². The molecule has 3 aliphatic rings. The number of aliphatic hydroxyl groups excluding tert-OH is 1. The summed E-state index contributed by atoms with van der Waals surface area (Å²) in [4.78, 5) is 43.6. The summed E-state index contributed by atoms with van der Waals surface area (Å²) in [6.45, 7) is 14.0. The third-order valence-corrected chi connectivity index (χ3v) is 8.84. The summed E-state index contributed by atoms with van der Waals surface area (Å²) in [7, 11) is 0. The molecule has 30 heavy (non-hydrogen) atoms. The van der Waals surface area contributed by atoms with Crippen LogP contribution in [0.15, 0.2) is 12.7 Å². The molecule has 3 unspecified atom stereocenters. The van der Waals surface area contributed by atoms with E-state index >= 15 is 0 Å². The van der Waals surface area contributed by atoms with Crippen molar-refractivity contribution in [1.29, 1.82) is 0 Å². The van der Waals surface area contributed by atoms with Crippen molar-refractivity contribution in [2.45, 2.75) is 62.6 Å². The molecule has 0 aromatic carbocycles. The molecule has 2 amide bonds. The minimum absolute atomic E-state index is 0.0259. The second-order valence-electron chi connectivity index (χ2n) is 9.47. The van der Waals surface area contributed by atoms with Crippen molar-refractivity contribution in [3.05, 3.63) is 12.7 Å². The van der Waals surface area contributed by atoms with E-state index in [2.05, 4.69) is 13.5 Å². The highest BCUT2D eigenvalue weighted by Crippen LogP contribution is 2.68. The highest BCUT2D eigenvalue weighted by molar-refractivity contribution is 8.02. The fraction of sp³-hybridized carbons (Fsp3) is 0.773. The lowest BCUT2D eigenvalue weighted by Crippen LogP contribution is -2.60. The molecule has 6 atom stereocenters. The number of β-amino-alcohol motifs (C(OH)–C–C–N with tert-alkyl or cyclic N) is 1. The predicted octanol–water partition coefficient (Wildman–Crippen LogP) is 1.69. The van der Waals surface area contributed by atoms with E-state index in [9.17, 15) is 19.5 Å². The van der Waals surface area contributed by atoms with Crippen LogP contribution in [0.2, 0.25) is 0 Å². The lowest BCUT2D eigenvalue weighted by Gasteiger charge is -2.43. The van der Waals surface area contributed by atoms with E-state index in [1.165, 1.54) is 4.90 Å². The molecule has 7 nitrogen and oxygen atoms in total. The maximum Gasteiger partial charge on any atom is 0.310 e. The van der Waals surface area contributed by atoms with Gasteiger partial charge in [0.25, 0.3) is 0 Å². The monoisotopic (exact) mass is 438 g/mol. The van der Waals surface area contributed by atoms with Crippen molar-refractivity contribution in [3.63, 3.8) is 0 Å². The molecule has 3 heterocycles. The van der Waals surface area contributed by atoms with Crippen LogP contribution in [0, 0.1) is 17.8 Å². The summed E-state index contributed by atoms with van der Waals surface area (Å²) >= 11 is 1.62. The standard InChI is InChI=1S/C22H34N2O5S/c1-7-9-24(21(4,5)6)19(27)17-22-13(3)12-14(30-22)15(20(28)29-8-2)16(22)18(26)23(17)10-11-25/h7,13-17,25H,1,8-12H2,2-6H3/t13?,14-,15+,16+,17?,22?/m1/s1. The Balaban J connectivity index is 2.10. The van der Waals surface area contributed by atoms with Crippen molar-refractivity contribution in [3.8, 4) is 0 Å². The van der Waals surface area contributed by atoms with E-state index < -0.39 is 28.2 Å². The Bertz CT molecular complexity index is 736. The SMILES string of the molecule is C=CCN(C(=O)C1N(CCO)C(=O)[C@@H]2[C@@H](C(=O)OCC)[C@H]3CC(C)C12S3)C(C)(C)C. The number of rotatable bonds is 7.